The SMILES string of the molecule is CCOc1ccc(Nc2ccnc(-c3ccc(O[C@H]4CCN(C(=O)C5CCC(=O)C5)C[C@H]4F)c(C#N)c3)n2)cn1. The molecule has 1 saturated carbocycles. The van der Waals surface area contributed by atoms with Gasteiger partial charge in [0, 0.05) is 49.6 Å². The number of nitriles is 1. The Morgan fingerprint density at radius 2 is 2.10 bits per heavy atom. The molecule has 0 radical (unpaired) electrons. The van der Waals surface area contributed by atoms with Crippen LogP contribution in [0.4, 0.5) is 15.9 Å². The molecule has 1 aliphatic heterocycles. The van der Waals surface area contributed by atoms with Gasteiger partial charge in [0.2, 0.25) is 11.8 Å². The molecule has 11 heteroatoms. The maximum atomic E-state index is 15.1. The first-order chi connectivity index (χ1) is 19.4. The highest BCUT2D eigenvalue weighted by atomic mass is 19.1. The van der Waals surface area contributed by atoms with Gasteiger partial charge in [-0.1, -0.05) is 0 Å². The number of hydrogen-bond donors (Lipinski definition) is 1. The third-order valence-electron chi connectivity index (χ3n) is 6.98. The summed E-state index contributed by atoms with van der Waals surface area (Å²) >= 11 is 0. The molecule has 1 aliphatic carbocycles. The summed E-state index contributed by atoms with van der Waals surface area (Å²) in [5.74, 6) is 1.30. The van der Waals surface area contributed by atoms with Gasteiger partial charge in [-0.05, 0) is 43.7 Å². The van der Waals surface area contributed by atoms with Crippen LogP contribution in [-0.2, 0) is 9.59 Å². The molecule has 40 heavy (non-hydrogen) atoms. The van der Waals surface area contributed by atoms with Crippen LogP contribution in [0, 0.1) is 17.2 Å². The van der Waals surface area contributed by atoms with Crippen LogP contribution in [0.15, 0.2) is 48.8 Å². The van der Waals surface area contributed by atoms with Gasteiger partial charge in [-0.2, -0.15) is 5.26 Å². The first-order valence-electron chi connectivity index (χ1n) is 13.3. The van der Waals surface area contributed by atoms with E-state index in [1.54, 1.807) is 42.7 Å². The Balaban J connectivity index is 1.24. The lowest BCUT2D eigenvalue weighted by atomic mass is 10.0. The van der Waals surface area contributed by atoms with E-state index in [2.05, 4.69) is 26.3 Å². The van der Waals surface area contributed by atoms with E-state index < -0.39 is 12.3 Å². The van der Waals surface area contributed by atoms with E-state index in [4.69, 9.17) is 9.47 Å². The van der Waals surface area contributed by atoms with Gasteiger partial charge in [0.1, 0.15) is 29.5 Å². The monoisotopic (exact) mass is 544 g/mol. The number of halogens is 1. The molecular formula is C29H29FN6O4. The number of benzene rings is 1. The minimum Gasteiger partial charge on any atom is -0.486 e. The minimum absolute atomic E-state index is 0.0826. The lowest BCUT2D eigenvalue weighted by molar-refractivity contribution is -0.139. The predicted octanol–water partition coefficient (Wildman–Crippen LogP) is 4.24. The standard InChI is InChI=1S/C29H29FN6O4/c1-2-39-27-8-5-21(16-33-27)34-26-9-11-32-28(35-26)18-4-7-24(20(13-18)15-31)40-25-10-12-36(17-23(25)30)29(38)19-3-6-22(37)14-19/h4-5,7-9,11,13,16,19,23,25H,2-3,6,10,12,14,17H2,1H3,(H,32,34,35)/t19?,23-,25+/m1/s1. The van der Waals surface area contributed by atoms with Crippen molar-refractivity contribution in [2.45, 2.75) is 44.9 Å². The van der Waals surface area contributed by atoms with Crippen molar-refractivity contribution in [3.05, 3.63) is 54.4 Å². The van der Waals surface area contributed by atoms with Gasteiger partial charge < -0.3 is 19.7 Å². The maximum Gasteiger partial charge on any atom is 0.226 e. The molecule has 2 aromatic heterocycles. The van der Waals surface area contributed by atoms with E-state index in [1.807, 2.05) is 13.0 Å². The van der Waals surface area contributed by atoms with E-state index in [0.717, 1.165) is 5.69 Å². The Morgan fingerprint density at radius 1 is 1.23 bits per heavy atom. The first-order valence-corrected chi connectivity index (χ1v) is 13.3. The van der Waals surface area contributed by atoms with Crippen LogP contribution in [0.25, 0.3) is 11.4 Å². The number of carbonyl (C=O) groups is 2. The van der Waals surface area contributed by atoms with Crippen molar-refractivity contribution in [1.82, 2.24) is 19.9 Å². The average Bonchev–Trinajstić information content (AvgIpc) is 3.41. The molecule has 3 aromatic rings. The summed E-state index contributed by atoms with van der Waals surface area (Å²) in [6.07, 6.45) is 2.51. The molecule has 10 nitrogen and oxygen atoms in total. The maximum absolute atomic E-state index is 15.1. The Morgan fingerprint density at radius 3 is 2.80 bits per heavy atom. The highest BCUT2D eigenvalue weighted by molar-refractivity contribution is 5.90. The molecule has 1 aromatic carbocycles. The molecule has 1 amide bonds. The van der Waals surface area contributed by atoms with E-state index in [0.29, 0.717) is 49.1 Å². The zero-order valence-corrected chi connectivity index (χ0v) is 22.0. The minimum atomic E-state index is -1.41. The molecule has 1 N–H and O–H groups in total. The fourth-order valence-corrected chi connectivity index (χ4v) is 4.92. The number of alkyl halides is 1. The Hall–Kier alpha value is -4.59. The fourth-order valence-electron chi connectivity index (χ4n) is 4.92. The van der Waals surface area contributed by atoms with E-state index in [1.165, 1.54) is 4.90 Å². The van der Waals surface area contributed by atoms with Crippen molar-refractivity contribution in [2.24, 2.45) is 5.92 Å². The van der Waals surface area contributed by atoms with Crippen molar-refractivity contribution in [3.8, 4) is 29.1 Å². The number of Topliss-reactive ketones (excluding diaryl/α,β-unsaturated/α-hetero) is 1. The quantitative estimate of drug-likeness (QED) is 0.442. The summed E-state index contributed by atoms with van der Waals surface area (Å²) in [6.45, 7) is 2.67. The zero-order valence-electron chi connectivity index (χ0n) is 22.0. The van der Waals surface area contributed by atoms with Crippen LogP contribution in [0.1, 0.15) is 38.2 Å². The number of amides is 1. The Bertz CT molecular complexity index is 1430. The van der Waals surface area contributed by atoms with Crippen molar-refractivity contribution < 1.29 is 23.5 Å². The molecule has 206 valence electrons. The van der Waals surface area contributed by atoms with Crippen LogP contribution in [0.5, 0.6) is 11.6 Å². The van der Waals surface area contributed by atoms with Gasteiger partial charge in [-0.25, -0.2) is 19.3 Å². The second kappa shape index (κ2) is 12.1. The number of nitrogens with one attached hydrogen (secondary N) is 1. The molecule has 2 aliphatic rings. The van der Waals surface area contributed by atoms with E-state index in [-0.39, 0.29) is 48.3 Å². The second-order valence-electron chi connectivity index (χ2n) is 9.75. The van der Waals surface area contributed by atoms with E-state index >= 15 is 4.39 Å². The van der Waals surface area contributed by atoms with Crippen molar-refractivity contribution in [3.63, 3.8) is 0 Å². The van der Waals surface area contributed by atoms with Crippen LogP contribution in [0.3, 0.4) is 0 Å². The molecule has 3 atom stereocenters. The number of nitrogens with zero attached hydrogens (tertiary/aromatic N) is 5. The van der Waals surface area contributed by atoms with Gasteiger partial charge in [0.05, 0.1) is 30.6 Å². The molecule has 0 spiro atoms. The van der Waals surface area contributed by atoms with Crippen molar-refractivity contribution >= 4 is 23.2 Å². The number of rotatable bonds is 8. The number of piperidine rings is 1. The molecule has 3 heterocycles. The molecule has 5 rings (SSSR count). The van der Waals surface area contributed by atoms with Gasteiger partial charge in [-0.3, -0.25) is 9.59 Å². The summed E-state index contributed by atoms with van der Waals surface area (Å²) in [5, 5.41) is 12.9. The third-order valence-corrected chi connectivity index (χ3v) is 6.98. The van der Waals surface area contributed by atoms with Gasteiger partial charge in [-0.15, -0.1) is 0 Å². The van der Waals surface area contributed by atoms with Crippen LogP contribution < -0.4 is 14.8 Å². The summed E-state index contributed by atoms with van der Waals surface area (Å²) in [4.78, 5) is 38.8. The van der Waals surface area contributed by atoms with Crippen molar-refractivity contribution in [1.29, 1.82) is 5.26 Å². The van der Waals surface area contributed by atoms with Crippen LogP contribution in [0.2, 0.25) is 0 Å². The summed E-state index contributed by atoms with van der Waals surface area (Å²) in [5.41, 5.74) is 1.55. The number of carbonyl (C=O) groups excluding carboxylic acids is 2. The largest absolute Gasteiger partial charge is 0.486 e. The summed E-state index contributed by atoms with van der Waals surface area (Å²) in [6, 6.07) is 12.4. The van der Waals surface area contributed by atoms with Gasteiger partial charge in [0.15, 0.2) is 12.0 Å². The highest BCUT2D eigenvalue weighted by Gasteiger charge is 2.37. The molecule has 1 saturated heterocycles. The highest BCUT2D eigenvalue weighted by Crippen LogP contribution is 2.30. The summed E-state index contributed by atoms with van der Waals surface area (Å²) in [7, 11) is 0. The number of hydrogen-bond acceptors (Lipinski definition) is 9. The predicted molar refractivity (Wildman–Crippen MR) is 144 cm³/mol. The second-order valence-corrected chi connectivity index (χ2v) is 9.75. The zero-order chi connectivity index (χ0) is 28.1. The number of pyridine rings is 1. The van der Waals surface area contributed by atoms with Gasteiger partial charge in [0.25, 0.3) is 0 Å². The van der Waals surface area contributed by atoms with Gasteiger partial charge >= 0.3 is 0 Å². The smallest absolute Gasteiger partial charge is 0.226 e. The average molecular weight is 545 g/mol. The number of aromatic nitrogens is 3. The molecular weight excluding hydrogens is 515 g/mol. The van der Waals surface area contributed by atoms with E-state index in [9.17, 15) is 14.9 Å². The summed E-state index contributed by atoms with van der Waals surface area (Å²) < 4.78 is 26.3. The normalized spacial score (nSPS) is 20.6. The van der Waals surface area contributed by atoms with Crippen LogP contribution >= 0.6 is 0 Å². The fraction of sp³-hybridized carbons (Fsp3) is 0.379. The number of likely N-dealkylation sites (tertiary alicyclic amines) is 1. The Kier molecular flexibility index (Phi) is 8.15. The molecule has 1 unspecified atom stereocenters. The third kappa shape index (κ3) is 6.17. The topological polar surface area (TPSA) is 130 Å². The van der Waals surface area contributed by atoms with Crippen molar-refractivity contribution in [2.75, 3.05) is 25.0 Å². The number of ketones is 1. The Labute approximate surface area is 231 Å². The molecule has 0 bridgehead atoms. The first kappa shape index (κ1) is 27.0. The number of anilines is 2. The molecule has 2 fully saturated rings. The van der Waals surface area contributed by atoms with Crippen LogP contribution in [-0.4, -0.2) is 63.5 Å². The lowest BCUT2D eigenvalue weighted by Gasteiger charge is -2.36. The number of ether oxygens (including phenoxy) is 2. The lowest BCUT2D eigenvalue weighted by Crippen LogP contribution is -2.50.